The van der Waals surface area contributed by atoms with E-state index in [1.807, 2.05) is 18.6 Å². The second-order valence-corrected chi connectivity index (χ2v) is 20.6. The molecule has 16 aromatic rings. The minimum atomic E-state index is -0.108. The maximum absolute atomic E-state index is 4.86. The van der Waals surface area contributed by atoms with Crippen LogP contribution in [0.3, 0.4) is 0 Å². The Hall–Kier alpha value is -9.91. The van der Waals surface area contributed by atoms with Gasteiger partial charge >= 0.3 is 0 Å². The third-order valence-electron chi connectivity index (χ3n) is 17.0. The number of hydrogen-bond donors (Lipinski definition) is 0. The Labute approximate surface area is 429 Å². The summed E-state index contributed by atoms with van der Waals surface area (Å²) in [4.78, 5) is 14.5. The third kappa shape index (κ3) is 5.15. The molecule has 0 aliphatic carbocycles. The molecule has 6 heteroatoms. The molecule has 0 fully saturated rings. The Morgan fingerprint density at radius 3 is 1.32 bits per heavy atom. The zero-order valence-electron chi connectivity index (χ0n) is 40.3. The summed E-state index contributed by atoms with van der Waals surface area (Å²) in [7, 11) is 0. The number of pyridine rings is 3. The van der Waals surface area contributed by atoms with Crippen molar-refractivity contribution in [3.05, 3.63) is 231 Å². The van der Waals surface area contributed by atoms with E-state index in [9.17, 15) is 0 Å². The van der Waals surface area contributed by atoms with Gasteiger partial charge in [0, 0.05) is 84.1 Å². The van der Waals surface area contributed by atoms with Crippen LogP contribution in [0.1, 0.15) is 0 Å². The predicted octanol–water partition coefficient (Wildman–Crippen LogP) is 15.1. The van der Waals surface area contributed by atoms with Crippen LogP contribution < -0.4 is 16.4 Å². The van der Waals surface area contributed by atoms with Crippen molar-refractivity contribution in [3.63, 3.8) is 0 Å². The normalized spacial score (nSPS) is 12.8. The van der Waals surface area contributed by atoms with Gasteiger partial charge in [0.2, 0.25) is 0 Å². The van der Waals surface area contributed by atoms with Gasteiger partial charge in [-0.3, -0.25) is 15.0 Å². The van der Waals surface area contributed by atoms with Crippen molar-refractivity contribution in [1.29, 1.82) is 0 Å². The van der Waals surface area contributed by atoms with Crippen LogP contribution in [0.15, 0.2) is 231 Å². The van der Waals surface area contributed by atoms with Crippen molar-refractivity contribution in [3.8, 4) is 44.8 Å². The highest BCUT2D eigenvalue weighted by atomic mass is 15.0. The van der Waals surface area contributed by atoms with Gasteiger partial charge in [-0.2, -0.15) is 0 Å². The lowest BCUT2D eigenvalue weighted by atomic mass is 9.34. The van der Waals surface area contributed by atoms with Crippen molar-refractivity contribution >= 4 is 132 Å². The molecule has 5 nitrogen and oxygen atoms in total. The zero-order chi connectivity index (χ0) is 48.6. The third-order valence-corrected chi connectivity index (χ3v) is 17.0. The van der Waals surface area contributed by atoms with E-state index in [1.54, 1.807) is 0 Å². The maximum atomic E-state index is 4.86. The van der Waals surface area contributed by atoms with Gasteiger partial charge in [-0.1, -0.05) is 140 Å². The van der Waals surface area contributed by atoms with Gasteiger partial charge in [0.15, 0.2) is 0 Å². The number of fused-ring (bicyclic) bond motifs is 20. The zero-order valence-corrected chi connectivity index (χ0v) is 40.3. The van der Waals surface area contributed by atoms with Crippen molar-refractivity contribution in [1.82, 2.24) is 24.1 Å². The van der Waals surface area contributed by atoms with Crippen LogP contribution in [0.4, 0.5) is 0 Å². The first-order valence-corrected chi connectivity index (χ1v) is 25.9. The molecule has 7 heterocycles. The van der Waals surface area contributed by atoms with Gasteiger partial charge in [-0.25, -0.2) is 0 Å². The largest absolute Gasteiger partial charge is 0.310 e. The first-order chi connectivity index (χ1) is 37.2. The molecule has 0 saturated carbocycles. The highest BCUT2D eigenvalue weighted by molar-refractivity contribution is 7.00. The summed E-state index contributed by atoms with van der Waals surface area (Å²) in [6, 6.07) is 79.2. The summed E-state index contributed by atoms with van der Waals surface area (Å²) >= 11 is 0. The highest BCUT2D eigenvalue weighted by Gasteiger charge is 2.42. The molecule has 0 amide bonds. The standard InChI is InChI=1S/C69H38BN5/c1-2-14-47-45(12-1)46-13-3-4-18-51(46)65-52(47)25-26-53-55-35-40(43-29-32-72-60-20-9-6-16-49(43)60)38-58-68(55)75(69(53)65)64-23-11-22-63-66(64)70(58)57-37-41(44-30-33-73-61-21-10-7-17-50(44)61)36-56-54-34-39(24-27-62(54)74(63)67(56)57)42-28-31-71-59-19-8-5-15-48(42)59/h1-38H. The van der Waals surface area contributed by atoms with Crippen LogP contribution in [0, 0.1) is 0 Å². The molecule has 0 saturated heterocycles. The summed E-state index contributed by atoms with van der Waals surface area (Å²) in [5.41, 5.74) is 21.3. The number of rotatable bonds is 3. The topological polar surface area (TPSA) is 48.5 Å². The summed E-state index contributed by atoms with van der Waals surface area (Å²) in [6.07, 6.45) is 5.89. The molecular formula is C69H38BN5. The number of hydrogen-bond acceptors (Lipinski definition) is 3. The number of nitrogens with zero attached hydrogens (tertiary/aromatic N) is 5. The molecule has 5 aromatic heterocycles. The molecule has 2 aliphatic heterocycles. The van der Waals surface area contributed by atoms with E-state index in [4.69, 9.17) is 15.0 Å². The molecule has 2 aliphatic rings. The minimum Gasteiger partial charge on any atom is -0.310 e. The average Bonchev–Trinajstić information content (AvgIpc) is 4.15. The fraction of sp³-hybridized carbons (Fsp3) is 0. The highest BCUT2D eigenvalue weighted by Crippen LogP contribution is 2.47. The molecule has 0 bridgehead atoms. The second-order valence-electron chi connectivity index (χ2n) is 20.6. The lowest BCUT2D eigenvalue weighted by molar-refractivity contribution is 1.15. The van der Waals surface area contributed by atoms with Crippen LogP contribution in [0.5, 0.6) is 0 Å². The Balaban J connectivity index is 1.03. The van der Waals surface area contributed by atoms with E-state index in [0.717, 1.165) is 32.7 Å². The van der Waals surface area contributed by atoms with Gasteiger partial charge < -0.3 is 9.13 Å². The van der Waals surface area contributed by atoms with Crippen LogP contribution in [-0.2, 0) is 0 Å². The van der Waals surface area contributed by atoms with E-state index >= 15 is 0 Å². The monoisotopic (exact) mass is 947 g/mol. The minimum absolute atomic E-state index is 0.108. The van der Waals surface area contributed by atoms with Crippen molar-refractivity contribution in [2.45, 2.75) is 0 Å². The molecule has 342 valence electrons. The number of para-hydroxylation sites is 3. The first kappa shape index (κ1) is 39.7. The van der Waals surface area contributed by atoms with Crippen molar-refractivity contribution < 1.29 is 0 Å². The second kappa shape index (κ2) is 14.4. The Bertz CT molecular complexity index is 5230. The maximum Gasteiger partial charge on any atom is 0.252 e. The summed E-state index contributed by atoms with van der Waals surface area (Å²) in [5.74, 6) is 0. The summed E-state index contributed by atoms with van der Waals surface area (Å²) in [6.45, 7) is -0.108. The lowest BCUT2D eigenvalue weighted by Gasteiger charge is -2.34. The summed E-state index contributed by atoms with van der Waals surface area (Å²) < 4.78 is 5.25. The number of aromatic nitrogens is 5. The molecule has 0 N–H and O–H groups in total. The molecule has 18 rings (SSSR count). The van der Waals surface area contributed by atoms with Crippen LogP contribution in [-0.4, -0.2) is 30.8 Å². The molecule has 11 aromatic carbocycles. The van der Waals surface area contributed by atoms with Crippen molar-refractivity contribution in [2.75, 3.05) is 0 Å². The smallest absolute Gasteiger partial charge is 0.252 e. The van der Waals surface area contributed by atoms with Gasteiger partial charge in [-0.15, -0.1) is 0 Å². The Morgan fingerprint density at radius 2 is 0.733 bits per heavy atom. The Morgan fingerprint density at radius 1 is 0.293 bits per heavy atom. The van der Waals surface area contributed by atoms with Crippen molar-refractivity contribution in [2.24, 2.45) is 0 Å². The van der Waals surface area contributed by atoms with E-state index in [-0.39, 0.29) is 6.71 Å². The molecule has 0 radical (unpaired) electrons. The van der Waals surface area contributed by atoms with Gasteiger partial charge in [0.05, 0.1) is 27.6 Å². The molecule has 0 atom stereocenters. The van der Waals surface area contributed by atoms with E-state index in [2.05, 4.69) is 221 Å². The quantitative estimate of drug-likeness (QED) is 0.131. The van der Waals surface area contributed by atoms with E-state index in [1.165, 1.54) is 137 Å². The lowest BCUT2D eigenvalue weighted by Crippen LogP contribution is -2.59. The average molecular weight is 948 g/mol. The SMILES string of the molecule is c1cc2c3c(c1)-n1c4c(cc(-c5ccnc6ccccc56)cc4c4ccc5c6ccccc6c6ccccc6c5c41)B3c1cc(-c3ccnc4ccccc34)cc3c4cc(-c5ccnc6ccccc56)ccc4n-2c13. The van der Waals surface area contributed by atoms with Gasteiger partial charge in [-0.05, 0) is 149 Å². The predicted molar refractivity (Wildman–Crippen MR) is 315 cm³/mol. The molecule has 75 heavy (non-hydrogen) atoms. The Kier molecular flexibility index (Phi) is 7.62. The fourth-order valence-corrected chi connectivity index (χ4v) is 14.0. The van der Waals surface area contributed by atoms with Crippen LogP contribution >= 0.6 is 0 Å². The molecule has 0 unspecified atom stereocenters. The summed E-state index contributed by atoms with van der Waals surface area (Å²) in [5, 5.41) is 16.0. The van der Waals surface area contributed by atoms with Crippen LogP contribution in [0.25, 0.3) is 153 Å². The van der Waals surface area contributed by atoms with E-state index < -0.39 is 0 Å². The van der Waals surface area contributed by atoms with E-state index in [0.29, 0.717) is 0 Å². The first-order valence-electron chi connectivity index (χ1n) is 25.9. The molecule has 0 spiro atoms. The van der Waals surface area contributed by atoms with Gasteiger partial charge in [0.1, 0.15) is 0 Å². The van der Waals surface area contributed by atoms with Crippen LogP contribution in [0.2, 0.25) is 0 Å². The molecular weight excluding hydrogens is 910 g/mol. The fourth-order valence-electron chi connectivity index (χ4n) is 14.0. The van der Waals surface area contributed by atoms with Gasteiger partial charge in [0.25, 0.3) is 6.71 Å². The number of benzene rings is 11.